The molecule has 2 heterocycles. The summed E-state index contributed by atoms with van der Waals surface area (Å²) in [6, 6.07) is 7.14. The lowest BCUT2D eigenvalue weighted by Crippen LogP contribution is -2.30. The molecule has 1 aromatic carbocycles. The van der Waals surface area contributed by atoms with Gasteiger partial charge in [0.05, 0.1) is 4.90 Å². The zero-order valence-electron chi connectivity index (χ0n) is 13.3. The SMILES string of the molecule is Cc1nsc(N2CCCN(c3ccc(S(C)(=O)=O)cc3)CC2)n1. The van der Waals surface area contributed by atoms with E-state index in [4.69, 9.17) is 0 Å². The Bertz CT molecular complexity index is 771. The number of hydrogen-bond acceptors (Lipinski definition) is 7. The van der Waals surface area contributed by atoms with Gasteiger partial charge in [-0.15, -0.1) is 0 Å². The monoisotopic (exact) mass is 352 g/mol. The van der Waals surface area contributed by atoms with Gasteiger partial charge in [0.25, 0.3) is 0 Å². The zero-order valence-corrected chi connectivity index (χ0v) is 14.9. The van der Waals surface area contributed by atoms with Crippen LogP contribution in [0.3, 0.4) is 0 Å². The van der Waals surface area contributed by atoms with E-state index in [1.54, 1.807) is 12.1 Å². The molecule has 1 saturated heterocycles. The molecule has 0 amide bonds. The van der Waals surface area contributed by atoms with Gasteiger partial charge < -0.3 is 9.80 Å². The Morgan fingerprint density at radius 3 is 2.30 bits per heavy atom. The van der Waals surface area contributed by atoms with Crippen molar-refractivity contribution in [2.24, 2.45) is 0 Å². The summed E-state index contributed by atoms with van der Waals surface area (Å²) in [5, 5.41) is 0.983. The Kier molecular flexibility index (Phi) is 4.54. The van der Waals surface area contributed by atoms with E-state index in [1.165, 1.54) is 17.8 Å². The van der Waals surface area contributed by atoms with Gasteiger partial charge in [0, 0.05) is 49.7 Å². The molecular weight excluding hydrogens is 332 g/mol. The second-order valence-corrected chi connectivity index (χ2v) is 8.46. The third kappa shape index (κ3) is 3.81. The number of nitrogens with zero attached hydrogens (tertiary/aromatic N) is 4. The van der Waals surface area contributed by atoms with Gasteiger partial charge in [-0.05, 0) is 37.6 Å². The number of sulfone groups is 1. The van der Waals surface area contributed by atoms with E-state index in [-0.39, 0.29) is 0 Å². The van der Waals surface area contributed by atoms with Crippen molar-refractivity contribution in [3.8, 4) is 0 Å². The highest BCUT2D eigenvalue weighted by atomic mass is 32.2. The molecule has 8 heteroatoms. The van der Waals surface area contributed by atoms with Crippen LogP contribution >= 0.6 is 11.5 Å². The van der Waals surface area contributed by atoms with Crippen LogP contribution in [0.25, 0.3) is 0 Å². The van der Waals surface area contributed by atoms with E-state index in [0.29, 0.717) is 4.90 Å². The van der Waals surface area contributed by atoms with Crippen LogP contribution in [0.5, 0.6) is 0 Å². The van der Waals surface area contributed by atoms with Crippen LogP contribution in [0.4, 0.5) is 10.8 Å². The summed E-state index contributed by atoms with van der Waals surface area (Å²) in [5.41, 5.74) is 1.06. The van der Waals surface area contributed by atoms with Gasteiger partial charge in [0.15, 0.2) is 9.84 Å². The highest BCUT2D eigenvalue weighted by Crippen LogP contribution is 2.22. The van der Waals surface area contributed by atoms with Crippen molar-refractivity contribution in [2.45, 2.75) is 18.2 Å². The first-order chi connectivity index (χ1) is 10.9. The molecule has 6 nitrogen and oxygen atoms in total. The molecular formula is C15H20N4O2S2. The Hall–Kier alpha value is -1.67. The van der Waals surface area contributed by atoms with Crippen molar-refractivity contribution in [2.75, 3.05) is 42.2 Å². The van der Waals surface area contributed by atoms with Crippen molar-refractivity contribution in [1.29, 1.82) is 0 Å². The normalized spacial score (nSPS) is 16.4. The van der Waals surface area contributed by atoms with Crippen LogP contribution in [0.15, 0.2) is 29.2 Å². The third-order valence-electron chi connectivity index (χ3n) is 3.91. The first kappa shape index (κ1) is 16.2. The van der Waals surface area contributed by atoms with Gasteiger partial charge in [-0.3, -0.25) is 0 Å². The molecule has 2 aromatic rings. The van der Waals surface area contributed by atoms with Crippen molar-refractivity contribution in [3.05, 3.63) is 30.1 Å². The van der Waals surface area contributed by atoms with Gasteiger partial charge in [-0.2, -0.15) is 4.37 Å². The summed E-state index contributed by atoms with van der Waals surface area (Å²) in [5.74, 6) is 0.822. The number of anilines is 2. The molecule has 1 aromatic heterocycles. The summed E-state index contributed by atoms with van der Waals surface area (Å²) in [6.45, 7) is 5.60. The molecule has 0 saturated carbocycles. The van der Waals surface area contributed by atoms with E-state index in [9.17, 15) is 8.42 Å². The Morgan fingerprint density at radius 1 is 1.04 bits per heavy atom. The fourth-order valence-electron chi connectivity index (χ4n) is 2.69. The molecule has 0 N–H and O–H groups in total. The maximum absolute atomic E-state index is 11.5. The van der Waals surface area contributed by atoms with Gasteiger partial charge >= 0.3 is 0 Å². The van der Waals surface area contributed by atoms with E-state index >= 15 is 0 Å². The predicted molar refractivity (Wildman–Crippen MR) is 93.2 cm³/mol. The van der Waals surface area contributed by atoms with E-state index in [2.05, 4.69) is 19.2 Å². The third-order valence-corrected chi connectivity index (χ3v) is 5.91. The minimum atomic E-state index is -3.14. The maximum atomic E-state index is 11.5. The fourth-order valence-corrected chi connectivity index (χ4v) is 4.04. The molecule has 0 atom stereocenters. The Morgan fingerprint density at radius 2 is 1.70 bits per heavy atom. The molecule has 0 radical (unpaired) electrons. The van der Waals surface area contributed by atoms with E-state index in [0.717, 1.165) is 49.2 Å². The summed E-state index contributed by atoms with van der Waals surface area (Å²) < 4.78 is 27.3. The van der Waals surface area contributed by atoms with Gasteiger partial charge in [-0.25, -0.2) is 13.4 Å². The molecule has 1 aliphatic rings. The van der Waals surface area contributed by atoms with Crippen LogP contribution in [0, 0.1) is 6.92 Å². The highest BCUT2D eigenvalue weighted by molar-refractivity contribution is 7.90. The molecule has 124 valence electrons. The van der Waals surface area contributed by atoms with Gasteiger partial charge in [0.1, 0.15) is 5.82 Å². The molecule has 0 spiro atoms. The molecule has 3 rings (SSSR count). The quantitative estimate of drug-likeness (QED) is 0.841. The van der Waals surface area contributed by atoms with Crippen molar-refractivity contribution in [3.63, 3.8) is 0 Å². The van der Waals surface area contributed by atoms with Crippen LogP contribution in [-0.2, 0) is 9.84 Å². The van der Waals surface area contributed by atoms with Gasteiger partial charge in [0.2, 0.25) is 5.13 Å². The largest absolute Gasteiger partial charge is 0.370 e. The molecule has 1 fully saturated rings. The first-order valence-electron chi connectivity index (χ1n) is 7.54. The number of aryl methyl sites for hydroxylation is 1. The lowest BCUT2D eigenvalue weighted by Gasteiger charge is -2.23. The maximum Gasteiger partial charge on any atom is 0.205 e. The highest BCUT2D eigenvalue weighted by Gasteiger charge is 2.18. The lowest BCUT2D eigenvalue weighted by molar-refractivity contribution is 0.602. The van der Waals surface area contributed by atoms with Crippen LogP contribution in [0.1, 0.15) is 12.2 Å². The number of hydrogen-bond donors (Lipinski definition) is 0. The Balaban J connectivity index is 1.70. The number of rotatable bonds is 3. The van der Waals surface area contributed by atoms with Crippen molar-refractivity contribution >= 4 is 32.2 Å². The summed E-state index contributed by atoms with van der Waals surface area (Å²) in [6.07, 6.45) is 2.27. The average molecular weight is 352 g/mol. The zero-order chi connectivity index (χ0) is 16.4. The smallest absolute Gasteiger partial charge is 0.205 e. The fraction of sp³-hybridized carbons (Fsp3) is 0.467. The van der Waals surface area contributed by atoms with Crippen LogP contribution in [-0.4, -0.2) is 50.2 Å². The second-order valence-electron chi connectivity index (χ2n) is 5.72. The lowest BCUT2D eigenvalue weighted by atomic mass is 10.2. The summed E-state index contributed by atoms with van der Waals surface area (Å²) in [7, 11) is -3.14. The number of benzene rings is 1. The van der Waals surface area contributed by atoms with Crippen LogP contribution < -0.4 is 9.80 Å². The minimum absolute atomic E-state index is 0.363. The molecule has 23 heavy (non-hydrogen) atoms. The summed E-state index contributed by atoms with van der Waals surface area (Å²) >= 11 is 1.45. The van der Waals surface area contributed by atoms with Crippen LogP contribution in [0.2, 0.25) is 0 Å². The van der Waals surface area contributed by atoms with E-state index in [1.807, 2.05) is 19.1 Å². The summed E-state index contributed by atoms with van der Waals surface area (Å²) in [4.78, 5) is 9.39. The topological polar surface area (TPSA) is 66.4 Å². The molecule has 1 aliphatic heterocycles. The van der Waals surface area contributed by atoms with Crippen molar-refractivity contribution in [1.82, 2.24) is 9.36 Å². The first-order valence-corrected chi connectivity index (χ1v) is 10.2. The molecule has 0 aliphatic carbocycles. The minimum Gasteiger partial charge on any atom is -0.370 e. The van der Waals surface area contributed by atoms with Crippen molar-refractivity contribution < 1.29 is 8.42 Å². The Labute approximate surface area is 140 Å². The molecule has 0 bridgehead atoms. The van der Waals surface area contributed by atoms with E-state index < -0.39 is 9.84 Å². The predicted octanol–water partition coefficient (Wildman–Crippen LogP) is 1.97. The van der Waals surface area contributed by atoms with Gasteiger partial charge in [-0.1, -0.05) is 0 Å². The number of aromatic nitrogens is 2. The standard InChI is InChI=1S/C15H20N4O2S2/c1-12-16-15(22-17-12)19-9-3-8-18(10-11-19)13-4-6-14(7-5-13)23(2,20)21/h4-7H,3,8-11H2,1-2H3. The second kappa shape index (κ2) is 6.45. The average Bonchev–Trinajstić information content (AvgIpc) is 2.80. The molecule has 0 unspecified atom stereocenters.